The van der Waals surface area contributed by atoms with Crippen LogP contribution in [0.2, 0.25) is 0 Å². The van der Waals surface area contributed by atoms with Gasteiger partial charge in [-0.3, -0.25) is 25.1 Å². The largest absolute Gasteiger partial charge is 0.369 e. The predicted octanol–water partition coefficient (Wildman–Crippen LogP) is 2.60. The van der Waals surface area contributed by atoms with Gasteiger partial charge in [-0.15, -0.1) is 0 Å². The van der Waals surface area contributed by atoms with Gasteiger partial charge in [0, 0.05) is 13.1 Å². The molecule has 2 aliphatic heterocycles. The van der Waals surface area contributed by atoms with E-state index in [9.17, 15) is 20.2 Å². The first-order valence-electron chi connectivity index (χ1n) is 10.5. The molecule has 0 unspecified atom stereocenters. The van der Waals surface area contributed by atoms with E-state index in [0.29, 0.717) is 31.6 Å². The van der Waals surface area contributed by atoms with Crippen molar-refractivity contribution in [2.24, 2.45) is 21.5 Å². The molecule has 1 spiro atoms. The molecule has 1 aliphatic carbocycles. The Morgan fingerprint density at radius 1 is 0.871 bits per heavy atom. The van der Waals surface area contributed by atoms with Crippen molar-refractivity contribution in [2.75, 3.05) is 22.9 Å². The molecule has 3 aliphatic rings. The van der Waals surface area contributed by atoms with Crippen molar-refractivity contribution in [3.05, 3.63) is 32.4 Å². The molecule has 0 atom stereocenters. The van der Waals surface area contributed by atoms with Gasteiger partial charge in [0.1, 0.15) is 17.0 Å². The lowest BCUT2D eigenvalue weighted by Gasteiger charge is -2.45. The third kappa shape index (κ3) is 3.73. The van der Waals surface area contributed by atoms with Gasteiger partial charge >= 0.3 is 0 Å². The van der Waals surface area contributed by atoms with Gasteiger partial charge in [-0.1, -0.05) is 6.42 Å². The fourth-order valence-electron chi connectivity index (χ4n) is 4.88. The standard InChI is InChI=1S/C19H26N8O4/c20-17-22-18(21)25(19(23-17)7-3-1-4-8-19)14-11-13(24-9-5-2-6-10-24)15(26(28)29)12-16(14)27(30)31/h11-12H,1-10H2,(H4,20,21,22,23). The Morgan fingerprint density at radius 3 is 2.06 bits per heavy atom. The highest BCUT2D eigenvalue weighted by Crippen LogP contribution is 2.46. The number of benzene rings is 1. The summed E-state index contributed by atoms with van der Waals surface area (Å²) in [4.78, 5) is 34.7. The Bertz CT molecular complexity index is 964. The molecule has 2 fully saturated rings. The lowest BCUT2D eigenvalue weighted by atomic mass is 9.87. The van der Waals surface area contributed by atoms with E-state index in [0.717, 1.165) is 44.6 Å². The van der Waals surface area contributed by atoms with Gasteiger partial charge in [0.15, 0.2) is 0 Å². The summed E-state index contributed by atoms with van der Waals surface area (Å²) in [5.41, 5.74) is 11.1. The number of anilines is 2. The monoisotopic (exact) mass is 430 g/mol. The van der Waals surface area contributed by atoms with Crippen molar-refractivity contribution in [1.29, 1.82) is 0 Å². The van der Waals surface area contributed by atoms with E-state index < -0.39 is 21.2 Å². The van der Waals surface area contributed by atoms with Gasteiger partial charge < -0.3 is 16.4 Å². The van der Waals surface area contributed by atoms with E-state index in [1.54, 1.807) is 4.90 Å². The number of nitro benzene ring substituents is 2. The average Bonchev–Trinajstić information content (AvgIpc) is 2.73. The van der Waals surface area contributed by atoms with E-state index >= 15 is 0 Å². The highest BCUT2D eigenvalue weighted by atomic mass is 16.6. The first-order valence-corrected chi connectivity index (χ1v) is 10.5. The molecule has 12 heteroatoms. The second-order valence-electron chi connectivity index (χ2n) is 8.21. The quantitative estimate of drug-likeness (QED) is 0.542. The van der Waals surface area contributed by atoms with E-state index in [4.69, 9.17) is 11.5 Å². The maximum absolute atomic E-state index is 12.0. The molecule has 2 heterocycles. The number of hydrogen-bond donors (Lipinski definition) is 2. The zero-order chi connectivity index (χ0) is 22.2. The Hall–Kier alpha value is -3.44. The average molecular weight is 430 g/mol. The second kappa shape index (κ2) is 8.00. The van der Waals surface area contributed by atoms with E-state index in [1.165, 1.54) is 6.07 Å². The van der Waals surface area contributed by atoms with Crippen LogP contribution in [0.15, 0.2) is 22.1 Å². The summed E-state index contributed by atoms with van der Waals surface area (Å²) in [5.74, 6) is 0.0485. The Balaban J connectivity index is 1.92. The van der Waals surface area contributed by atoms with Gasteiger partial charge in [0.25, 0.3) is 11.4 Å². The minimum absolute atomic E-state index is 0.0101. The molecule has 0 aromatic heterocycles. The number of rotatable bonds is 4. The topological polar surface area (TPSA) is 170 Å². The summed E-state index contributed by atoms with van der Waals surface area (Å²) in [5, 5.41) is 23.8. The molecular formula is C19H26N8O4. The number of piperidine rings is 1. The number of nitro groups is 2. The van der Waals surface area contributed by atoms with Crippen LogP contribution < -0.4 is 21.3 Å². The van der Waals surface area contributed by atoms with Gasteiger partial charge in [0.05, 0.1) is 15.9 Å². The molecule has 166 valence electrons. The summed E-state index contributed by atoms with van der Waals surface area (Å²) in [7, 11) is 0. The van der Waals surface area contributed by atoms with E-state index in [2.05, 4.69) is 9.98 Å². The molecule has 1 saturated carbocycles. The smallest absolute Gasteiger partial charge is 0.300 e. The van der Waals surface area contributed by atoms with Gasteiger partial charge in [-0.25, -0.2) is 4.99 Å². The van der Waals surface area contributed by atoms with Crippen LogP contribution in [0.5, 0.6) is 0 Å². The van der Waals surface area contributed by atoms with Crippen LogP contribution in [0.3, 0.4) is 0 Å². The van der Waals surface area contributed by atoms with Gasteiger partial charge in [0.2, 0.25) is 11.9 Å². The zero-order valence-corrected chi connectivity index (χ0v) is 17.2. The Kier molecular flexibility index (Phi) is 5.38. The second-order valence-corrected chi connectivity index (χ2v) is 8.21. The molecule has 12 nitrogen and oxygen atoms in total. The lowest BCUT2D eigenvalue weighted by molar-refractivity contribution is -0.393. The summed E-state index contributed by atoms with van der Waals surface area (Å²) in [6.45, 7) is 1.30. The summed E-state index contributed by atoms with van der Waals surface area (Å²) in [6.07, 6.45) is 6.81. The van der Waals surface area contributed by atoms with Crippen LogP contribution in [-0.2, 0) is 0 Å². The van der Waals surface area contributed by atoms with Crippen molar-refractivity contribution >= 4 is 34.7 Å². The molecule has 0 radical (unpaired) electrons. The highest BCUT2D eigenvalue weighted by molar-refractivity contribution is 6.07. The molecule has 0 amide bonds. The van der Waals surface area contributed by atoms with Crippen LogP contribution in [0.1, 0.15) is 51.4 Å². The van der Waals surface area contributed by atoms with Crippen molar-refractivity contribution in [2.45, 2.75) is 57.0 Å². The molecule has 4 N–H and O–H groups in total. The predicted molar refractivity (Wildman–Crippen MR) is 117 cm³/mol. The van der Waals surface area contributed by atoms with Crippen LogP contribution >= 0.6 is 0 Å². The van der Waals surface area contributed by atoms with Crippen molar-refractivity contribution in [3.63, 3.8) is 0 Å². The van der Waals surface area contributed by atoms with Crippen molar-refractivity contribution < 1.29 is 9.85 Å². The van der Waals surface area contributed by atoms with Crippen molar-refractivity contribution in [1.82, 2.24) is 0 Å². The maximum Gasteiger partial charge on any atom is 0.300 e. The first kappa shape index (κ1) is 20.8. The third-order valence-corrected chi connectivity index (χ3v) is 6.25. The Labute approximate surface area is 178 Å². The summed E-state index contributed by atoms with van der Waals surface area (Å²) in [6, 6.07) is 2.54. The fourth-order valence-corrected chi connectivity index (χ4v) is 4.88. The number of hydrogen-bond acceptors (Lipinski definition) is 10. The first-order chi connectivity index (χ1) is 14.8. The minimum atomic E-state index is -0.881. The molecular weight excluding hydrogens is 404 g/mol. The van der Waals surface area contributed by atoms with Crippen LogP contribution in [0, 0.1) is 20.2 Å². The number of nitrogens with zero attached hydrogens (tertiary/aromatic N) is 6. The number of nitrogens with two attached hydrogens (primary N) is 2. The molecule has 0 bridgehead atoms. The Morgan fingerprint density at radius 2 is 1.45 bits per heavy atom. The van der Waals surface area contributed by atoms with Crippen LogP contribution in [0.4, 0.5) is 22.7 Å². The third-order valence-electron chi connectivity index (χ3n) is 6.25. The minimum Gasteiger partial charge on any atom is -0.369 e. The maximum atomic E-state index is 12.0. The fraction of sp³-hybridized carbons (Fsp3) is 0.579. The van der Waals surface area contributed by atoms with E-state index in [-0.39, 0.29) is 23.3 Å². The normalized spacial score (nSPS) is 20.9. The summed E-state index contributed by atoms with van der Waals surface area (Å²) < 4.78 is 0. The zero-order valence-electron chi connectivity index (χ0n) is 17.2. The molecule has 1 aromatic carbocycles. The van der Waals surface area contributed by atoms with Crippen LogP contribution in [-0.4, -0.2) is 40.5 Å². The highest BCUT2D eigenvalue weighted by Gasteiger charge is 2.45. The number of guanidine groups is 2. The number of aliphatic imine (C=N–C) groups is 2. The van der Waals surface area contributed by atoms with E-state index in [1.807, 2.05) is 4.90 Å². The van der Waals surface area contributed by atoms with Gasteiger partial charge in [-0.2, -0.15) is 4.99 Å². The van der Waals surface area contributed by atoms with Crippen molar-refractivity contribution in [3.8, 4) is 0 Å². The molecule has 1 saturated heterocycles. The van der Waals surface area contributed by atoms with Crippen LogP contribution in [0.25, 0.3) is 0 Å². The SMILES string of the molecule is NC1=NC2(CCCCC2)N(c2cc(N3CCCCC3)c([N+](=O)[O-])cc2[N+](=O)[O-])C(N)=N1. The molecule has 31 heavy (non-hydrogen) atoms. The lowest BCUT2D eigenvalue weighted by Crippen LogP contribution is -2.58. The molecule has 1 aromatic rings. The molecule has 4 rings (SSSR count). The van der Waals surface area contributed by atoms with Gasteiger partial charge in [-0.05, 0) is 51.0 Å². The summed E-state index contributed by atoms with van der Waals surface area (Å²) >= 11 is 0.